The normalized spacial score (nSPS) is 10.1. The van der Waals surface area contributed by atoms with Crippen LogP contribution in [0.25, 0.3) is 0 Å². The second-order valence-electron chi connectivity index (χ2n) is 3.87. The summed E-state index contributed by atoms with van der Waals surface area (Å²) in [4.78, 5) is 10.5. The lowest BCUT2D eigenvalue weighted by Crippen LogP contribution is -2.03. The highest BCUT2D eigenvalue weighted by atomic mass is 19.1. The van der Waals surface area contributed by atoms with Gasteiger partial charge in [-0.2, -0.15) is 4.39 Å². The Morgan fingerprint density at radius 3 is 2.32 bits per heavy atom. The average molecular weight is 272 g/mol. The number of carbonyl (C=O) groups is 1. The molecule has 0 aromatic heterocycles. The van der Waals surface area contributed by atoms with Gasteiger partial charge in [-0.05, 0) is 18.9 Å². The number of aryl methyl sites for hydroxylation is 1. The Morgan fingerprint density at radius 1 is 1.21 bits per heavy atom. The summed E-state index contributed by atoms with van der Waals surface area (Å²) in [6.45, 7) is 0. The zero-order valence-corrected chi connectivity index (χ0v) is 11.2. The van der Waals surface area contributed by atoms with Crippen LogP contribution in [0.4, 0.5) is 4.39 Å². The summed E-state index contributed by atoms with van der Waals surface area (Å²) in [5, 5.41) is 8.61. The Morgan fingerprint density at radius 2 is 1.84 bits per heavy atom. The van der Waals surface area contributed by atoms with Crippen molar-refractivity contribution in [2.24, 2.45) is 0 Å². The molecule has 0 heterocycles. The van der Waals surface area contributed by atoms with Crippen LogP contribution in [0.2, 0.25) is 0 Å². The van der Waals surface area contributed by atoms with E-state index >= 15 is 0 Å². The summed E-state index contributed by atoms with van der Waals surface area (Å²) >= 11 is 0. The number of methoxy groups -OCH3 is 3. The van der Waals surface area contributed by atoms with Crippen LogP contribution in [0.15, 0.2) is 6.07 Å². The van der Waals surface area contributed by atoms with Crippen molar-refractivity contribution < 1.29 is 28.5 Å². The number of carboxylic acids is 1. The standard InChI is InChI=1S/C13H17FO5/c1-17-9-7-8(5-4-6-10(15)16)12(18-2)11(14)13(9)19-3/h7H,4-6H2,1-3H3,(H,15,16). The van der Waals surface area contributed by atoms with E-state index in [9.17, 15) is 9.18 Å². The summed E-state index contributed by atoms with van der Waals surface area (Å²) in [5.41, 5.74) is 0.555. The van der Waals surface area contributed by atoms with Gasteiger partial charge in [-0.1, -0.05) is 0 Å². The molecule has 1 aromatic rings. The van der Waals surface area contributed by atoms with E-state index in [-0.39, 0.29) is 23.7 Å². The third kappa shape index (κ3) is 3.49. The molecule has 0 fully saturated rings. The maximum absolute atomic E-state index is 14.1. The first-order valence-corrected chi connectivity index (χ1v) is 5.74. The molecule has 1 rings (SSSR count). The minimum absolute atomic E-state index is 0.0130. The van der Waals surface area contributed by atoms with Gasteiger partial charge < -0.3 is 19.3 Å². The fourth-order valence-corrected chi connectivity index (χ4v) is 1.82. The zero-order chi connectivity index (χ0) is 14.4. The first-order chi connectivity index (χ1) is 9.04. The third-order valence-corrected chi connectivity index (χ3v) is 2.68. The van der Waals surface area contributed by atoms with Crippen molar-refractivity contribution in [3.63, 3.8) is 0 Å². The van der Waals surface area contributed by atoms with E-state index in [4.69, 9.17) is 19.3 Å². The van der Waals surface area contributed by atoms with Crippen LogP contribution >= 0.6 is 0 Å². The highest BCUT2D eigenvalue weighted by molar-refractivity contribution is 5.66. The number of rotatable bonds is 7. The van der Waals surface area contributed by atoms with Crippen LogP contribution in [0.1, 0.15) is 18.4 Å². The first-order valence-electron chi connectivity index (χ1n) is 5.74. The average Bonchev–Trinajstić information content (AvgIpc) is 2.37. The van der Waals surface area contributed by atoms with Gasteiger partial charge in [-0.15, -0.1) is 0 Å². The van der Waals surface area contributed by atoms with Gasteiger partial charge in [0.15, 0.2) is 11.5 Å². The number of halogens is 1. The van der Waals surface area contributed by atoms with Crippen molar-refractivity contribution >= 4 is 5.97 Å². The van der Waals surface area contributed by atoms with Gasteiger partial charge >= 0.3 is 5.97 Å². The van der Waals surface area contributed by atoms with E-state index < -0.39 is 11.8 Å². The molecule has 0 aliphatic carbocycles. The molecule has 6 heteroatoms. The van der Waals surface area contributed by atoms with Crippen LogP contribution < -0.4 is 14.2 Å². The Hall–Kier alpha value is -1.98. The summed E-state index contributed by atoms with van der Waals surface area (Å²) in [5.74, 6) is -1.25. The molecular weight excluding hydrogens is 255 g/mol. The molecule has 0 aliphatic heterocycles. The molecule has 0 saturated heterocycles. The minimum atomic E-state index is -0.889. The van der Waals surface area contributed by atoms with Crippen LogP contribution in [0.3, 0.4) is 0 Å². The lowest BCUT2D eigenvalue weighted by Gasteiger charge is -2.15. The van der Waals surface area contributed by atoms with E-state index in [0.717, 1.165) is 0 Å². The van der Waals surface area contributed by atoms with Crippen molar-refractivity contribution in [3.05, 3.63) is 17.4 Å². The van der Waals surface area contributed by atoms with E-state index in [1.54, 1.807) is 6.07 Å². The maximum Gasteiger partial charge on any atom is 0.303 e. The Balaban J connectivity index is 3.08. The molecule has 0 unspecified atom stereocenters. The fraction of sp³-hybridized carbons (Fsp3) is 0.462. The second kappa shape index (κ2) is 6.82. The molecule has 0 radical (unpaired) electrons. The molecule has 19 heavy (non-hydrogen) atoms. The van der Waals surface area contributed by atoms with Gasteiger partial charge in [0.1, 0.15) is 0 Å². The molecule has 1 N–H and O–H groups in total. The van der Waals surface area contributed by atoms with Gasteiger partial charge in [0, 0.05) is 12.0 Å². The molecule has 0 atom stereocenters. The monoisotopic (exact) mass is 272 g/mol. The molecule has 5 nitrogen and oxygen atoms in total. The maximum atomic E-state index is 14.1. The van der Waals surface area contributed by atoms with Crippen molar-refractivity contribution in [2.45, 2.75) is 19.3 Å². The number of aliphatic carboxylic acids is 1. The molecule has 106 valence electrons. The van der Waals surface area contributed by atoms with Crippen molar-refractivity contribution in [2.75, 3.05) is 21.3 Å². The smallest absolute Gasteiger partial charge is 0.303 e. The Bertz CT molecular complexity index is 459. The van der Waals surface area contributed by atoms with Crippen LogP contribution in [-0.2, 0) is 11.2 Å². The fourth-order valence-electron chi connectivity index (χ4n) is 1.82. The van der Waals surface area contributed by atoms with Gasteiger partial charge in [0.2, 0.25) is 11.6 Å². The van der Waals surface area contributed by atoms with E-state index in [2.05, 4.69) is 0 Å². The number of carboxylic acid groups (broad SMARTS) is 1. The SMILES string of the molecule is COc1cc(CCCC(=O)O)c(OC)c(F)c1OC. The van der Waals surface area contributed by atoms with Crippen LogP contribution in [0, 0.1) is 5.82 Å². The van der Waals surface area contributed by atoms with Gasteiger partial charge in [-0.3, -0.25) is 4.79 Å². The predicted octanol–water partition coefficient (Wildman–Crippen LogP) is 2.26. The number of hydrogen-bond acceptors (Lipinski definition) is 4. The van der Waals surface area contributed by atoms with Crippen LogP contribution in [-0.4, -0.2) is 32.4 Å². The highest BCUT2D eigenvalue weighted by Crippen LogP contribution is 2.39. The quantitative estimate of drug-likeness (QED) is 0.824. The molecule has 0 saturated carbocycles. The van der Waals surface area contributed by atoms with E-state index in [0.29, 0.717) is 18.4 Å². The van der Waals surface area contributed by atoms with E-state index in [1.165, 1.54) is 21.3 Å². The Kier molecular flexibility index (Phi) is 5.41. The Labute approximate surface area is 110 Å². The number of benzene rings is 1. The lowest BCUT2D eigenvalue weighted by molar-refractivity contribution is -0.137. The summed E-state index contributed by atoms with van der Waals surface area (Å²) < 4.78 is 29.1. The summed E-state index contributed by atoms with van der Waals surface area (Å²) in [6.07, 6.45) is 0.784. The van der Waals surface area contributed by atoms with Crippen molar-refractivity contribution in [3.8, 4) is 17.2 Å². The minimum Gasteiger partial charge on any atom is -0.493 e. The molecule has 1 aromatic carbocycles. The molecule has 0 aliphatic rings. The zero-order valence-electron chi connectivity index (χ0n) is 11.2. The third-order valence-electron chi connectivity index (χ3n) is 2.68. The van der Waals surface area contributed by atoms with Crippen LogP contribution in [0.5, 0.6) is 17.2 Å². The van der Waals surface area contributed by atoms with Gasteiger partial charge in [0.05, 0.1) is 21.3 Å². The number of hydrogen-bond donors (Lipinski definition) is 1. The molecule has 0 bridgehead atoms. The van der Waals surface area contributed by atoms with E-state index in [1.807, 2.05) is 0 Å². The largest absolute Gasteiger partial charge is 0.493 e. The predicted molar refractivity (Wildman–Crippen MR) is 66.6 cm³/mol. The van der Waals surface area contributed by atoms with Crippen molar-refractivity contribution in [1.29, 1.82) is 0 Å². The van der Waals surface area contributed by atoms with Crippen molar-refractivity contribution in [1.82, 2.24) is 0 Å². The lowest BCUT2D eigenvalue weighted by atomic mass is 10.1. The molecule has 0 spiro atoms. The second-order valence-corrected chi connectivity index (χ2v) is 3.87. The summed E-state index contributed by atoms with van der Waals surface area (Å²) in [6, 6.07) is 1.60. The topological polar surface area (TPSA) is 65.0 Å². The molecule has 0 amide bonds. The summed E-state index contributed by atoms with van der Waals surface area (Å²) in [7, 11) is 4.10. The molecular formula is C13H17FO5. The highest BCUT2D eigenvalue weighted by Gasteiger charge is 2.20. The number of ether oxygens (including phenoxy) is 3. The van der Waals surface area contributed by atoms with Gasteiger partial charge in [0.25, 0.3) is 0 Å². The first kappa shape index (κ1) is 15.1. The van der Waals surface area contributed by atoms with Gasteiger partial charge in [-0.25, -0.2) is 0 Å².